The summed E-state index contributed by atoms with van der Waals surface area (Å²) in [6, 6.07) is 10.9. The summed E-state index contributed by atoms with van der Waals surface area (Å²) in [6.45, 7) is 4.59. The zero-order valence-corrected chi connectivity index (χ0v) is 21.5. The first-order valence-corrected chi connectivity index (χ1v) is 12.1. The number of benzene rings is 2. The molecule has 2 aromatic carbocycles. The predicted octanol–water partition coefficient (Wildman–Crippen LogP) is 5.36. The van der Waals surface area contributed by atoms with Gasteiger partial charge in [0.1, 0.15) is 16.5 Å². The zero-order chi connectivity index (χ0) is 25.5. The number of carbonyl (C=O) groups is 2. The monoisotopic (exact) mass is 518 g/mol. The number of ether oxygens (including phenoxy) is 2. The molecule has 1 aliphatic rings. The quantitative estimate of drug-likeness (QED) is 0.439. The van der Waals surface area contributed by atoms with Gasteiger partial charge in [0, 0.05) is 31.5 Å². The average Bonchev–Trinajstić information content (AvgIpc) is 3.41. The van der Waals surface area contributed by atoms with Crippen molar-refractivity contribution in [1.82, 2.24) is 9.88 Å². The molecule has 7 nitrogen and oxygen atoms in total. The normalized spacial score (nSPS) is 18.7. The molecular weight excluding hydrogens is 491 g/mol. The molecule has 0 spiro atoms. The average molecular weight is 519 g/mol. The Morgan fingerprint density at radius 1 is 1.17 bits per heavy atom. The summed E-state index contributed by atoms with van der Waals surface area (Å²) in [4.78, 5) is 25.2. The molecule has 1 amide bonds. The smallest absolute Gasteiger partial charge is 0.311 e. The lowest BCUT2D eigenvalue weighted by atomic mass is 9.84. The first kappa shape index (κ1) is 25.4. The van der Waals surface area contributed by atoms with Gasteiger partial charge in [-0.15, -0.1) is 0 Å². The predicted molar refractivity (Wildman–Crippen MR) is 136 cm³/mol. The Labute approximate surface area is 213 Å². The molecule has 1 fully saturated rings. The fourth-order valence-electron chi connectivity index (χ4n) is 4.82. The Morgan fingerprint density at radius 2 is 1.86 bits per heavy atom. The third-order valence-corrected chi connectivity index (χ3v) is 7.64. The van der Waals surface area contributed by atoms with Gasteiger partial charge in [-0.25, -0.2) is 0 Å². The van der Waals surface area contributed by atoms with Crippen molar-refractivity contribution in [2.45, 2.75) is 31.7 Å². The van der Waals surface area contributed by atoms with E-state index in [9.17, 15) is 14.7 Å². The summed E-state index contributed by atoms with van der Waals surface area (Å²) in [6.07, 6.45) is 0.592. The molecule has 0 bridgehead atoms. The van der Waals surface area contributed by atoms with Crippen LogP contribution >= 0.6 is 23.2 Å². The molecule has 0 aliphatic carbocycles. The first-order chi connectivity index (χ1) is 16.6. The van der Waals surface area contributed by atoms with Crippen LogP contribution in [0.4, 0.5) is 0 Å². The number of carboxylic acid groups (broad SMARTS) is 1. The van der Waals surface area contributed by atoms with Crippen LogP contribution in [0.5, 0.6) is 5.75 Å². The van der Waals surface area contributed by atoms with Crippen LogP contribution in [0.2, 0.25) is 10.0 Å². The summed E-state index contributed by atoms with van der Waals surface area (Å²) in [5.41, 5.74) is 1.99. The summed E-state index contributed by atoms with van der Waals surface area (Å²) >= 11 is 12.8. The highest BCUT2D eigenvalue weighted by Gasteiger charge is 2.39. The number of hydrogen-bond donors (Lipinski definition) is 2. The molecule has 3 aromatic rings. The van der Waals surface area contributed by atoms with Crippen molar-refractivity contribution < 1.29 is 24.2 Å². The Morgan fingerprint density at radius 3 is 2.40 bits per heavy atom. The van der Waals surface area contributed by atoms with Crippen molar-refractivity contribution in [3.05, 3.63) is 63.3 Å². The third kappa shape index (κ3) is 4.48. The molecule has 1 aliphatic heterocycles. The van der Waals surface area contributed by atoms with Gasteiger partial charge in [0.05, 0.1) is 35.7 Å². The lowest BCUT2D eigenvalue weighted by molar-refractivity contribution is -0.139. The van der Waals surface area contributed by atoms with Crippen molar-refractivity contribution in [2.24, 2.45) is 13.0 Å². The van der Waals surface area contributed by atoms with Crippen molar-refractivity contribution in [3.63, 3.8) is 0 Å². The number of carbonyl (C=O) groups excluding carboxylic acids is 1. The lowest BCUT2D eigenvalue weighted by Gasteiger charge is -2.30. The fraction of sp³-hybridized carbons (Fsp3) is 0.385. The van der Waals surface area contributed by atoms with Crippen LogP contribution in [0, 0.1) is 5.92 Å². The first-order valence-electron chi connectivity index (χ1n) is 11.3. The SMILES string of the molecule is COc1cc2c(cc(C(=O)NC3(c4ccc(C(C(=O)O)C(C)C)cc4)CCOC3)n2C)c(Cl)c1Cl. The minimum absolute atomic E-state index is 0.0488. The third-order valence-electron chi connectivity index (χ3n) is 6.78. The Balaban J connectivity index is 1.68. The highest BCUT2D eigenvalue weighted by molar-refractivity contribution is 6.46. The number of rotatable bonds is 7. The van der Waals surface area contributed by atoms with Gasteiger partial charge in [-0.1, -0.05) is 61.3 Å². The van der Waals surface area contributed by atoms with Crippen molar-refractivity contribution in [2.75, 3.05) is 20.3 Å². The highest BCUT2D eigenvalue weighted by atomic mass is 35.5. The van der Waals surface area contributed by atoms with E-state index in [1.165, 1.54) is 7.11 Å². The molecule has 35 heavy (non-hydrogen) atoms. The van der Waals surface area contributed by atoms with Crippen LogP contribution in [0.1, 0.15) is 47.8 Å². The van der Waals surface area contributed by atoms with Gasteiger partial charge >= 0.3 is 5.97 Å². The number of hydrogen-bond acceptors (Lipinski definition) is 4. The van der Waals surface area contributed by atoms with E-state index in [1.54, 1.807) is 23.7 Å². The second-order valence-electron chi connectivity index (χ2n) is 9.25. The number of halogens is 2. The number of aromatic nitrogens is 1. The van der Waals surface area contributed by atoms with Gasteiger partial charge in [0.2, 0.25) is 0 Å². The van der Waals surface area contributed by atoms with Gasteiger partial charge in [-0.2, -0.15) is 0 Å². The van der Waals surface area contributed by atoms with Crippen molar-refractivity contribution in [1.29, 1.82) is 0 Å². The molecule has 0 radical (unpaired) electrons. The zero-order valence-electron chi connectivity index (χ0n) is 20.0. The summed E-state index contributed by atoms with van der Waals surface area (Å²) in [5, 5.41) is 14.1. The Hall–Kier alpha value is -2.74. The van der Waals surface area contributed by atoms with Crippen LogP contribution in [0.25, 0.3) is 10.9 Å². The van der Waals surface area contributed by atoms with Crippen LogP contribution in [-0.4, -0.2) is 41.9 Å². The molecule has 2 unspecified atom stereocenters. The molecule has 0 saturated carbocycles. The molecule has 186 valence electrons. The van der Waals surface area contributed by atoms with Crippen molar-refractivity contribution in [3.8, 4) is 5.75 Å². The standard InChI is InChI=1S/C26H28Cl2N2O5/c1-14(2)21(25(32)33)15-5-7-16(8-6-15)26(9-10-35-13-26)29-24(31)19-11-17-18(30(19)3)12-20(34-4)23(28)22(17)27/h5-8,11-12,14,21H,9-10,13H2,1-4H3,(H,29,31)(H,32,33). The number of methoxy groups -OCH3 is 1. The lowest BCUT2D eigenvalue weighted by Crippen LogP contribution is -2.47. The second-order valence-corrected chi connectivity index (χ2v) is 10.0. The van der Waals surface area contributed by atoms with E-state index < -0.39 is 17.4 Å². The second kappa shape index (κ2) is 9.72. The minimum Gasteiger partial charge on any atom is -0.495 e. The van der Waals surface area contributed by atoms with Gasteiger partial charge in [0.15, 0.2) is 0 Å². The van der Waals surface area contributed by atoms with Crippen molar-refractivity contribution >= 4 is 46.0 Å². The van der Waals surface area contributed by atoms with Crippen LogP contribution < -0.4 is 10.1 Å². The fourth-order valence-corrected chi connectivity index (χ4v) is 5.29. The maximum absolute atomic E-state index is 13.5. The van der Waals surface area contributed by atoms with Gasteiger partial charge in [-0.05, 0) is 23.1 Å². The largest absolute Gasteiger partial charge is 0.495 e. The molecule has 1 saturated heterocycles. The minimum atomic E-state index is -0.855. The van der Waals surface area contributed by atoms with Crippen LogP contribution in [0.15, 0.2) is 36.4 Å². The van der Waals surface area contributed by atoms with E-state index in [-0.39, 0.29) is 11.8 Å². The number of aryl methyl sites for hydroxylation is 1. The summed E-state index contributed by atoms with van der Waals surface area (Å²) in [5.74, 6) is -1.36. The molecule has 2 N–H and O–H groups in total. The molecule has 1 aromatic heterocycles. The van der Waals surface area contributed by atoms with E-state index in [4.69, 9.17) is 32.7 Å². The Bertz CT molecular complexity index is 1280. The highest BCUT2D eigenvalue weighted by Crippen LogP contribution is 2.40. The van der Waals surface area contributed by atoms with Gasteiger partial charge in [0.25, 0.3) is 5.91 Å². The molecule has 2 atom stereocenters. The maximum Gasteiger partial charge on any atom is 0.311 e. The number of nitrogens with one attached hydrogen (secondary N) is 1. The van der Waals surface area contributed by atoms with E-state index in [0.29, 0.717) is 46.5 Å². The topological polar surface area (TPSA) is 89.8 Å². The number of aliphatic carboxylic acids is 1. The van der Waals surface area contributed by atoms with E-state index in [1.807, 2.05) is 38.1 Å². The van der Waals surface area contributed by atoms with E-state index >= 15 is 0 Å². The van der Waals surface area contributed by atoms with Crippen LogP contribution in [0.3, 0.4) is 0 Å². The maximum atomic E-state index is 13.5. The van der Waals surface area contributed by atoms with Crippen LogP contribution in [-0.2, 0) is 22.1 Å². The Kier molecular flexibility index (Phi) is 7.04. The van der Waals surface area contributed by atoms with Gasteiger partial charge < -0.3 is 24.5 Å². The number of amides is 1. The summed E-state index contributed by atoms with van der Waals surface area (Å²) in [7, 11) is 3.29. The number of fused-ring (bicyclic) bond motifs is 1. The molecule has 9 heteroatoms. The number of nitrogens with zero attached hydrogens (tertiary/aromatic N) is 1. The number of carboxylic acids is 1. The van der Waals surface area contributed by atoms with E-state index in [2.05, 4.69) is 5.32 Å². The molecule has 2 heterocycles. The van der Waals surface area contributed by atoms with E-state index in [0.717, 1.165) is 16.6 Å². The molecular formula is C26H28Cl2N2O5. The van der Waals surface area contributed by atoms with Gasteiger partial charge in [-0.3, -0.25) is 9.59 Å². The summed E-state index contributed by atoms with van der Waals surface area (Å²) < 4.78 is 12.8. The molecule has 4 rings (SSSR count).